The van der Waals surface area contributed by atoms with Crippen LogP contribution in [0.25, 0.3) is 0 Å². The van der Waals surface area contributed by atoms with Crippen molar-refractivity contribution < 1.29 is 0 Å². The maximum absolute atomic E-state index is 3.68. The largest absolute Gasteiger partial charge is 0.314 e. The predicted molar refractivity (Wildman–Crippen MR) is 82.0 cm³/mol. The van der Waals surface area contributed by atoms with Gasteiger partial charge in [-0.3, -0.25) is 0 Å². The van der Waals surface area contributed by atoms with E-state index < -0.39 is 0 Å². The van der Waals surface area contributed by atoms with Gasteiger partial charge in [0.1, 0.15) is 0 Å². The highest BCUT2D eigenvalue weighted by molar-refractivity contribution is 4.81. The van der Waals surface area contributed by atoms with E-state index in [1.54, 1.807) is 0 Å². The van der Waals surface area contributed by atoms with E-state index in [4.69, 9.17) is 0 Å². The molecule has 0 bridgehead atoms. The molecule has 0 aliphatic heterocycles. The van der Waals surface area contributed by atoms with Crippen LogP contribution in [-0.2, 0) is 0 Å². The molecular weight excluding hydrogens is 218 g/mol. The standard InChI is InChI=1S/C17H35N/c1-3-5-6-7-8-9-10-11-12-16(4-2)15-18-17-13-14-17/h16-18H,3-15H2,1-2H3. The van der Waals surface area contributed by atoms with Gasteiger partial charge in [-0.05, 0) is 31.7 Å². The summed E-state index contributed by atoms with van der Waals surface area (Å²) in [7, 11) is 0. The number of unbranched alkanes of at least 4 members (excludes halogenated alkanes) is 7. The Hall–Kier alpha value is -0.0400. The van der Waals surface area contributed by atoms with Crippen LogP contribution in [0.1, 0.15) is 90.9 Å². The molecule has 1 unspecified atom stereocenters. The Balaban J connectivity index is 1.82. The second-order valence-electron chi connectivity index (χ2n) is 6.22. The monoisotopic (exact) mass is 253 g/mol. The average molecular weight is 253 g/mol. The van der Waals surface area contributed by atoms with Crippen molar-refractivity contribution >= 4 is 0 Å². The average Bonchev–Trinajstić information content (AvgIpc) is 3.20. The lowest BCUT2D eigenvalue weighted by molar-refractivity contribution is 0.409. The normalized spacial score (nSPS) is 17.0. The molecule has 0 saturated heterocycles. The summed E-state index contributed by atoms with van der Waals surface area (Å²) in [6, 6.07) is 0.887. The van der Waals surface area contributed by atoms with Crippen molar-refractivity contribution in [3.8, 4) is 0 Å². The van der Waals surface area contributed by atoms with Gasteiger partial charge in [0.2, 0.25) is 0 Å². The molecule has 18 heavy (non-hydrogen) atoms. The van der Waals surface area contributed by atoms with Crippen LogP contribution in [0.4, 0.5) is 0 Å². The summed E-state index contributed by atoms with van der Waals surface area (Å²) in [6.45, 7) is 5.92. The third kappa shape index (κ3) is 8.97. The summed E-state index contributed by atoms with van der Waals surface area (Å²) in [5.41, 5.74) is 0. The third-order valence-corrected chi connectivity index (χ3v) is 4.32. The molecular formula is C17H35N. The van der Waals surface area contributed by atoms with E-state index in [-0.39, 0.29) is 0 Å². The van der Waals surface area contributed by atoms with Gasteiger partial charge in [0.05, 0.1) is 0 Å². The molecule has 0 amide bonds. The summed E-state index contributed by atoms with van der Waals surface area (Å²) in [5, 5.41) is 3.68. The number of nitrogens with one attached hydrogen (secondary N) is 1. The molecule has 1 saturated carbocycles. The van der Waals surface area contributed by atoms with Gasteiger partial charge in [-0.15, -0.1) is 0 Å². The van der Waals surface area contributed by atoms with Gasteiger partial charge < -0.3 is 5.32 Å². The minimum Gasteiger partial charge on any atom is -0.314 e. The first-order valence-electron chi connectivity index (χ1n) is 8.60. The van der Waals surface area contributed by atoms with Gasteiger partial charge >= 0.3 is 0 Å². The van der Waals surface area contributed by atoms with Gasteiger partial charge in [0.15, 0.2) is 0 Å². The molecule has 0 aromatic heterocycles. The van der Waals surface area contributed by atoms with Crippen LogP contribution in [0, 0.1) is 5.92 Å². The van der Waals surface area contributed by atoms with Gasteiger partial charge in [-0.2, -0.15) is 0 Å². The topological polar surface area (TPSA) is 12.0 Å². The Kier molecular flexibility index (Phi) is 9.65. The van der Waals surface area contributed by atoms with E-state index in [1.807, 2.05) is 0 Å². The molecule has 1 fully saturated rings. The molecule has 0 spiro atoms. The van der Waals surface area contributed by atoms with Crippen LogP contribution in [0.3, 0.4) is 0 Å². The molecule has 1 aliphatic carbocycles. The van der Waals surface area contributed by atoms with E-state index >= 15 is 0 Å². The molecule has 0 heterocycles. The van der Waals surface area contributed by atoms with Crippen LogP contribution in [0.5, 0.6) is 0 Å². The second-order valence-corrected chi connectivity index (χ2v) is 6.22. The maximum Gasteiger partial charge on any atom is 0.00683 e. The molecule has 0 aromatic rings. The highest BCUT2D eigenvalue weighted by Gasteiger charge is 2.21. The van der Waals surface area contributed by atoms with Crippen molar-refractivity contribution in [3.63, 3.8) is 0 Å². The Labute approximate surface area is 115 Å². The van der Waals surface area contributed by atoms with Crippen molar-refractivity contribution in [1.82, 2.24) is 5.32 Å². The fourth-order valence-corrected chi connectivity index (χ4v) is 2.64. The lowest BCUT2D eigenvalue weighted by Crippen LogP contribution is -2.24. The lowest BCUT2D eigenvalue weighted by Gasteiger charge is -2.15. The predicted octanol–water partition coefficient (Wildman–Crippen LogP) is 5.30. The van der Waals surface area contributed by atoms with Gasteiger partial charge in [0, 0.05) is 6.04 Å². The minimum atomic E-state index is 0.887. The zero-order chi connectivity index (χ0) is 13.1. The van der Waals surface area contributed by atoms with Crippen molar-refractivity contribution in [3.05, 3.63) is 0 Å². The van der Waals surface area contributed by atoms with Crippen molar-refractivity contribution in [2.75, 3.05) is 6.54 Å². The first-order valence-corrected chi connectivity index (χ1v) is 8.60. The number of hydrogen-bond acceptors (Lipinski definition) is 1. The van der Waals surface area contributed by atoms with Gasteiger partial charge in [0.25, 0.3) is 0 Å². The Morgan fingerprint density at radius 1 is 0.889 bits per heavy atom. The summed E-state index contributed by atoms with van der Waals surface area (Å²) in [6.07, 6.45) is 17.2. The zero-order valence-corrected chi connectivity index (χ0v) is 12.8. The second kappa shape index (κ2) is 10.8. The first kappa shape index (κ1) is 16.0. The van der Waals surface area contributed by atoms with Crippen LogP contribution < -0.4 is 5.32 Å². The summed E-state index contributed by atoms with van der Waals surface area (Å²) in [5.74, 6) is 0.936. The fourth-order valence-electron chi connectivity index (χ4n) is 2.64. The van der Waals surface area contributed by atoms with Crippen LogP contribution >= 0.6 is 0 Å². The third-order valence-electron chi connectivity index (χ3n) is 4.32. The highest BCUT2D eigenvalue weighted by Crippen LogP contribution is 2.21. The smallest absolute Gasteiger partial charge is 0.00683 e. The van der Waals surface area contributed by atoms with E-state index in [9.17, 15) is 0 Å². The van der Waals surface area contributed by atoms with E-state index in [0.717, 1.165) is 12.0 Å². The van der Waals surface area contributed by atoms with Crippen molar-refractivity contribution in [2.24, 2.45) is 5.92 Å². The van der Waals surface area contributed by atoms with Gasteiger partial charge in [-0.25, -0.2) is 0 Å². The molecule has 1 nitrogen and oxygen atoms in total. The van der Waals surface area contributed by atoms with E-state index in [0.29, 0.717) is 0 Å². The SMILES string of the molecule is CCCCCCCCCCC(CC)CNC1CC1. The molecule has 1 heteroatoms. The van der Waals surface area contributed by atoms with Crippen molar-refractivity contribution in [2.45, 2.75) is 96.9 Å². The Morgan fingerprint density at radius 3 is 2.06 bits per heavy atom. The first-order chi connectivity index (χ1) is 8.86. The van der Waals surface area contributed by atoms with E-state index in [1.165, 1.54) is 83.6 Å². The number of hydrogen-bond donors (Lipinski definition) is 1. The maximum atomic E-state index is 3.68. The summed E-state index contributed by atoms with van der Waals surface area (Å²) >= 11 is 0. The Bertz CT molecular complexity index is 174. The lowest BCUT2D eigenvalue weighted by atomic mass is 9.97. The summed E-state index contributed by atoms with van der Waals surface area (Å²) < 4.78 is 0. The van der Waals surface area contributed by atoms with Crippen molar-refractivity contribution in [1.29, 1.82) is 0 Å². The molecule has 1 rings (SSSR count). The quantitative estimate of drug-likeness (QED) is 0.439. The molecule has 0 radical (unpaired) electrons. The van der Waals surface area contributed by atoms with Crippen LogP contribution in [0.2, 0.25) is 0 Å². The number of rotatable bonds is 13. The fraction of sp³-hybridized carbons (Fsp3) is 1.00. The minimum absolute atomic E-state index is 0.887. The molecule has 1 atom stereocenters. The van der Waals surface area contributed by atoms with Gasteiger partial charge in [-0.1, -0.05) is 71.6 Å². The molecule has 1 aliphatic rings. The molecule has 108 valence electrons. The van der Waals surface area contributed by atoms with E-state index in [2.05, 4.69) is 19.2 Å². The van der Waals surface area contributed by atoms with Crippen LogP contribution in [-0.4, -0.2) is 12.6 Å². The summed E-state index contributed by atoms with van der Waals surface area (Å²) in [4.78, 5) is 0. The molecule has 0 aromatic carbocycles. The van der Waals surface area contributed by atoms with Crippen LogP contribution in [0.15, 0.2) is 0 Å². The zero-order valence-electron chi connectivity index (χ0n) is 12.8. The Morgan fingerprint density at radius 2 is 1.50 bits per heavy atom. The molecule has 1 N–H and O–H groups in total. The highest BCUT2D eigenvalue weighted by atomic mass is 14.9.